The molecule has 110 valence electrons. The van der Waals surface area contributed by atoms with Crippen LogP contribution in [0.2, 0.25) is 0 Å². The maximum absolute atomic E-state index is 11.9. The summed E-state index contributed by atoms with van der Waals surface area (Å²) >= 11 is 0. The zero-order valence-corrected chi connectivity index (χ0v) is 11.3. The third-order valence-corrected chi connectivity index (χ3v) is 3.92. The summed E-state index contributed by atoms with van der Waals surface area (Å²) in [5, 5.41) is 21.4. The topological polar surface area (TPSA) is 102 Å². The Morgan fingerprint density at radius 2 is 2.00 bits per heavy atom. The normalized spacial score (nSPS) is 22.4. The van der Waals surface area contributed by atoms with Gasteiger partial charge in [0.15, 0.2) is 5.88 Å². The number of H-pyrrole nitrogens is 1. The Balaban J connectivity index is 1.95. The van der Waals surface area contributed by atoms with E-state index in [2.05, 4.69) is 10.3 Å². The highest BCUT2D eigenvalue weighted by molar-refractivity contribution is 5.94. The van der Waals surface area contributed by atoms with Crippen LogP contribution in [0.1, 0.15) is 36.0 Å². The van der Waals surface area contributed by atoms with Gasteiger partial charge < -0.3 is 15.5 Å². The molecule has 0 aromatic carbocycles. The highest BCUT2D eigenvalue weighted by Gasteiger charge is 2.24. The van der Waals surface area contributed by atoms with E-state index >= 15 is 0 Å². The van der Waals surface area contributed by atoms with Crippen molar-refractivity contribution in [3.8, 4) is 5.88 Å². The van der Waals surface area contributed by atoms with Gasteiger partial charge in [0, 0.05) is 25.3 Å². The molecule has 1 aromatic rings. The Morgan fingerprint density at radius 1 is 1.30 bits per heavy atom. The number of carbonyl (C=O) groups excluding carboxylic acids is 1. The number of hydrogen-bond donors (Lipinski definition) is 4. The number of aromatic hydroxyl groups is 1. The molecular weight excluding hydrogens is 260 g/mol. The van der Waals surface area contributed by atoms with E-state index in [-0.39, 0.29) is 35.8 Å². The Morgan fingerprint density at radius 3 is 2.65 bits per heavy atom. The molecule has 1 amide bonds. The maximum atomic E-state index is 11.9. The first-order chi connectivity index (χ1) is 9.60. The number of aliphatic hydroxyl groups is 1. The fourth-order valence-electron chi connectivity index (χ4n) is 2.78. The second-order valence-electron chi connectivity index (χ2n) is 5.32. The number of rotatable bonds is 4. The average Bonchev–Trinajstić information content (AvgIpc) is 2.44. The van der Waals surface area contributed by atoms with Crippen molar-refractivity contribution in [2.75, 3.05) is 13.2 Å². The van der Waals surface area contributed by atoms with Crippen molar-refractivity contribution in [2.45, 2.75) is 25.7 Å². The lowest BCUT2D eigenvalue weighted by molar-refractivity contribution is 0.0908. The van der Waals surface area contributed by atoms with Crippen molar-refractivity contribution in [3.05, 3.63) is 28.0 Å². The summed E-state index contributed by atoms with van der Waals surface area (Å²) in [6, 6.07) is 2.38. The number of nitrogens with one attached hydrogen (secondary N) is 2. The van der Waals surface area contributed by atoms with Crippen LogP contribution in [0.15, 0.2) is 16.9 Å². The Kier molecular flexibility index (Phi) is 4.79. The molecule has 6 heteroatoms. The molecule has 2 unspecified atom stereocenters. The lowest BCUT2D eigenvalue weighted by Crippen LogP contribution is -2.35. The SMILES string of the molecule is O=C(NCC1CCCCC1CO)c1cc(O)[nH]c(=O)c1. The first-order valence-electron chi connectivity index (χ1n) is 6.92. The van der Waals surface area contributed by atoms with Crippen LogP contribution in [-0.2, 0) is 0 Å². The lowest BCUT2D eigenvalue weighted by Gasteiger charge is -2.30. The van der Waals surface area contributed by atoms with Crippen LogP contribution in [-0.4, -0.2) is 34.3 Å². The van der Waals surface area contributed by atoms with Crippen LogP contribution >= 0.6 is 0 Å². The van der Waals surface area contributed by atoms with Crippen molar-refractivity contribution < 1.29 is 15.0 Å². The zero-order valence-electron chi connectivity index (χ0n) is 11.3. The molecule has 0 radical (unpaired) electrons. The number of aromatic nitrogens is 1. The molecule has 6 nitrogen and oxygen atoms in total. The summed E-state index contributed by atoms with van der Waals surface area (Å²) in [6.07, 6.45) is 4.22. The minimum absolute atomic E-state index is 0.141. The first kappa shape index (κ1) is 14.6. The molecule has 1 saturated carbocycles. The van der Waals surface area contributed by atoms with Crippen molar-refractivity contribution in [1.29, 1.82) is 0 Å². The highest BCUT2D eigenvalue weighted by atomic mass is 16.3. The minimum atomic E-state index is -0.513. The predicted molar refractivity (Wildman–Crippen MR) is 73.6 cm³/mol. The number of carbonyl (C=O) groups is 1. The van der Waals surface area contributed by atoms with Gasteiger partial charge in [-0.15, -0.1) is 0 Å². The third-order valence-electron chi connectivity index (χ3n) is 3.92. The van der Waals surface area contributed by atoms with Gasteiger partial charge in [-0.2, -0.15) is 0 Å². The molecule has 0 spiro atoms. The van der Waals surface area contributed by atoms with Gasteiger partial charge in [-0.25, -0.2) is 0 Å². The average molecular weight is 280 g/mol. The quantitative estimate of drug-likeness (QED) is 0.649. The van der Waals surface area contributed by atoms with E-state index in [0.717, 1.165) is 31.7 Å². The van der Waals surface area contributed by atoms with Gasteiger partial charge in [0.25, 0.3) is 11.5 Å². The van der Waals surface area contributed by atoms with E-state index in [9.17, 15) is 19.8 Å². The second kappa shape index (κ2) is 6.56. The van der Waals surface area contributed by atoms with Gasteiger partial charge in [-0.3, -0.25) is 14.6 Å². The predicted octanol–water partition coefficient (Wildman–Crippen LogP) is 0.609. The molecule has 0 bridgehead atoms. The first-order valence-corrected chi connectivity index (χ1v) is 6.92. The van der Waals surface area contributed by atoms with Gasteiger partial charge in [0.05, 0.1) is 5.56 Å². The number of aliphatic hydroxyl groups excluding tert-OH is 1. The summed E-state index contributed by atoms with van der Waals surface area (Å²) in [7, 11) is 0. The van der Waals surface area contributed by atoms with E-state index in [0.29, 0.717) is 6.54 Å². The van der Waals surface area contributed by atoms with E-state index in [4.69, 9.17) is 0 Å². The maximum Gasteiger partial charge on any atom is 0.251 e. The minimum Gasteiger partial charge on any atom is -0.494 e. The molecule has 0 aliphatic heterocycles. The van der Waals surface area contributed by atoms with Gasteiger partial charge in [0.2, 0.25) is 0 Å². The molecule has 1 fully saturated rings. The number of aromatic amines is 1. The molecule has 2 rings (SSSR count). The van der Waals surface area contributed by atoms with Gasteiger partial charge >= 0.3 is 0 Å². The summed E-state index contributed by atoms with van der Waals surface area (Å²) in [6.45, 7) is 0.629. The standard InChI is InChI=1S/C14H20N2O4/c17-8-10-4-2-1-3-9(10)7-15-14(20)11-5-12(18)16-13(19)6-11/h5-6,9-10,17H,1-4,7-8H2,(H,15,20)(H2,16,18,19). The second-order valence-corrected chi connectivity index (χ2v) is 5.32. The number of amides is 1. The number of hydrogen-bond acceptors (Lipinski definition) is 4. The molecular formula is C14H20N2O4. The molecule has 1 aliphatic rings. The molecule has 1 aliphatic carbocycles. The number of pyridine rings is 1. The third kappa shape index (κ3) is 3.60. The van der Waals surface area contributed by atoms with Crippen molar-refractivity contribution in [3.63, 3.8) is 0 Å². The molecule has 1 aromatic heterocycles. The van der Waals surface area contributed by atoms with Crippen LogP contribution in [0.3, 0.4) is 0 Å². The lowest BCUT2D eigenvalue weighted by atomic mass is 9.79. The molecule has 20 heavy (non-hydrogen) atoms. The van der Waals surface area contributed by atoms with Crippen LogP contribution in [0, 0.1) is 11.8 Å². The van der Waals surface area contributed by atoms with E-state index in [1.54, 1.807) is 0 Å². The summed E-state index contributed by atoms with van der Waals surface area (Å²) in [5.41, 5.74) is -0.372. The highest BCUT2D eigenvalue weighted by Crippen LogP contribution is 2.29. The summed E-state index contributed by atoms with van der Waals surface area (Å²) in [5.74, 6) is -0.202. The summed E-state index contributed by atoms with van der Waals surface area (Å²) < 4.78 is 0. The van der Waals surface area contributed by atoms with Gasteiger partial charge in [-0.1, -0.05) is 12.8 Å². The largest absolute Gasteiger partial charge is 0.494 e. The fourth-order valence-corrected chi connectivity index (χ4v) is 2.78. The van der Waals surface area contributed by atoms with Crippen molar-refractivity contribution in [2.24, 2.45) is 11.8 Å². The van der Waals surface area contributed by atoms with Crippen LogP contribution < -0.4 is 10.9 Å². The molecule has 0 saturated heterocycles. The van der Waals surface area contributed by atoms with Crippen LogP contribution in [0.5, 0.6) is 5.88 Å². The Hall–Kier alpha value is -1.82. The summed E-state index contributed by atoms with van der Waals surface area (Å²) in [4.78, 5) is 25.3. The monoisotopic (exact) mass is 280 g/mol. The van der Waals surface area contributed by atoms with Crippen LogP contribution in [0.4, 0.5) is 0 Å². The van der Waals surface area contributed by atoms with Gasteiger partial charge in [0.1, 0.15) is 0 Å². The Labute approximate surface area is 116 Å². The fraction of sp³-hybridized carbons (Fsp3) is 0.571. The smallest absolute Gasteiger partial charge is 0.251 e. The van der Waals surface area contributed by atoms with Crippen LogP contribution in [0.25, 0.3) is 0 Å². The zero-order chi connectivity index (χ0) is 14.5. The molecule has 2 atom stereocenters. The molecule has 1 heterocycles. The van der Waals surface area contributed by atoms with Crippen molar-refractivity contribution in [1.82, 2.24) is 10.3 Å². The Bertz CT molecular complexity index is 526. The van der Waals surface area contributed by atoms with E-state index < -0.39 is 5.56 Å². The van der Waals surface area contributed by atoms with Crippen molar-refractivity contribution >= 4 is 5.91 Å². The van der Waals surface area contributed by atoms with E-state index in [1.807, 2.05) is 0 Å². The van der Waals surface area contributed by atoms with Gasteiger partial charge in [-0.05, 0) is 24.7 Å². The van der Waals surface area contributed by atoms with E-state index in [1.165, 1.54) is 6.07 Å². The molecule has 4 N–H and O–H groups in total.